The Balaban J connectivity index is 2.86. The van der Waals surface area contributed by atoms with Crippen LogP contribution >= 0.6 is 0 Å². The first-order valence-electron chi connectivity index (χ1n) is 7.99. The van der Waals surface area contributed by atoms with E-state index in [0.717, 1.165) is 12.2 Å². The third kappa shape index (κ3) is 5.35. The minimum atomic E-state index is -0.248. The lowest BCUT2D eigenvalue weighted by Gasteiger charge is -2.32. The van der Waals surface area contributed by atoms with Gasteiger partial charge in [-0.1, -0.05) is 53.7 Å². The van der Waals surface area contributed by atoms with Crippen molar-refractivity contribution in [2.75, 3.05) is 0 Å². The van der Waals surface area contributed by atoms with Crippen LogP contribution in [0, 0.1) is 5.41 Å². The Labute approximate surface area is 130 Å². The molecule has 0 aliphatic heterocycles. The van der Waals surface area contributed by atoms with Gasteiger partial charge in [0.25, 0.3) is 0 Å². The highest BCUT2D eigenvalue weighted by atomic mass is 16.7. The molecule has 1 aromatic rings. The quantitative estimate of drug-likeness (QED) is 0.640. The van der Waals surface area contributed by atoms with Crippen LogP contribution in [-0.4, -0.2) is 12.4 Å². The second kappa shape index (κ2) is 6.83. The highest BCUT2D eigenvalue weighted by Crippen LogP contribution is 2.30. The Morgan fingerprint density at radius 1 is 0.952 bits per heavy atom. The summed E-state index contributed by atoms with van der Waals surface area (Å²) < 4.78 is 12.0. The molecule has 0 aromatic heterocycles. The van der Waals surface area contributed by atoms with Crippen molar-refractivity contribution in [3.05, 3.63) is 29.8 Å². The molecule has 2 nitrogen and oxygen atoms in total. The second-order valence-corrected chi connectivity index (χ2v) is 7.76. The largest absolute Gasteiger partial charge is 0.464 e. The average molecular weight is 292 g/mol. The lowest BCUT2D eigenvalue weighted by molar-refractivity contribution is -0.162. The van der Waals surface area contributed by atoms with Crippen molar-refractivity contribution in [1.29, 1.82) is 0 Å². The SMILES string of the molecule is CCC(C)(C)c1ccc(OC(OC(C)C)C(C)(C)C)cc1. The number of hydrogen-bond donors (Lipinski definition) is 0. The smallest absolute Gasteiger partial charge is 0.204 e. The first-order chi connectivity index (χ1) is 9.56. The highest BCUT2D eigenvalue weighted by Gasteiger charge is 2.28. The predicted octanol–water partition coefficient (Wildman–Crippen LogP) is 5.55. The minimum absolute atomic E-state index is 0.0639. The maximum atomic E-state index is 6.07. The van der Waals surface area contributed by atoms with Crippen LogP contribution in [-0.2, 0) is 10.2 Å². The van der Waals surface area contributed by atoms with Gasteiger partial charge in [-0.3, -0.25) is 0 Å². The van der Waals surface area contributed by atoms with Gasteiger partial charge in [0.2, 0.25) is 6.29 Å². The molecule has 1 atom stereocenters. The first kappa shape index (κ1) is 18.0. The lowest BCUT2D eigenvalue weighted by Crippen LogP contribution is -2.36. The van der Waals surface area contributed by atoms with Gasteiger partial charge in [0.05, 0.1) is 6.10 Å². The molecular formula is C19H32O2. The topological polar surface area (TPSA) is 18.5 Å². The molecule has 0 aliphatic rings. The third-order valence-electron chi connectivity index (χ3n) is 3.87. The first-order valence-corrected chi connectivity index (χ1v) is 7.99. The zero-order valence-electron chi connectivity index (χ0n) is 15.0. The van der Waals surface area contributed by atoms with Crippen LogP contribution in [0.3, 0.4) is 0 Å². The van der Waals surface area contributed by atoms with E-state index in [1.54, 1.807) is 0 Å². The number of ether oxygens (including phenoxy) is 2. The van der Waals surface area contributed by atoms with E-state index in [9.17, 15) is 0 Å². The van der Waals surface area contributed by atoms with Crippen LogP contribution in [0.2, 0.25) is 0 Å². The molecule has 0 bridgehead atoms. The molecule has 1 rings (SSSR count). The van der Waals surface area contributed by atoms with Crippen molar-refractivity contribution in [2.24, 2.45) is 5.41 Å². The van der Waals surface area contributed by atoms with Gasteiger partial charge in [0.1, 0.15) is 5.75 Å². The summed E-state index contributed by atoms with van der Waals surface area (Å²) in [5.74, 6) is 0.867. The van der Waals surface area contributed by atoms with Crippen LogP contribution in [0.25, 0.3) is 0 Å². The van der Waals surface area contributed by atoms with Gasteiger partial charge in [0, 0.05) is 5.41 Å². The predicted molar refractivity (Wildman–Crippen MR) is 89.9 cm³/mol. The van der Waals surface area contributed by atoms with E-state index in [4.69, 9.17) is 9.47 Å². The van der Waals surface area contributed by atoms with Gasteiger partial charge >= 0.3 is 0 Å². The highest BCUT2D eigenvalue weighted by molar-refractivity contribution is 5.31. The fourth-order valence-corrected chi connectivity index (χ4v) is 1.97. The van der Waals surface area contributed by atoms with Crippen LogP contribution < -0.4 is 4.74 Å². The molecular weight excluding hydrogens is 260 g/mol. The molecule has 0 aliphatic carbocycles. The van der Waals surface area contributed by atoms with E-state index < -0.39 is 0 Å². The second-order valence-electron chi connectivity index (χ2n) is 7.76. The number of benzene rings is 1. The molecule has 0 heterocycles. The Hall–Kier alpha value is -1.02. The van der Waals surface area contributed by atoms with Crippen molar-refractivity contribution in [3.63, 3.8) is 0 Å². The van der Waals surface area contributed by atoms with Crippen molar-refractivity contribution in [2.45, 2.75) is 79.6 Å². The summed E-state index contributed by atoms with van der Waals surface area (Å²) in [5.41, 5.74) is 1.48. The molecule has 0 saturated heterocycles. The monoisotopic (exact) mass is 292 g/mol. The fourth-order valence-electron chi connectivity index (χ4n) is 1.97. The van der Waals surface area contributed by atoms with Gasteiger partial charge in [-0.05, 0) is 43.4 Å². The van der Waals surface area contributed by atoms with Crippen LogP contribution in [0.5, 0.6) is 5.75 Å². The normalized spacial score (nSPS) is 14.3. The molecule has 0 spiro atoms. The summed E-state index contributed by atoms with van der Waals surface area (Å²) in [7, 11) is 0. The van der Waals surface area contributed by atoms with Crippen molar-refractivity contribution in [3.8, 4) is 5.75 Å². The zero-order chi connectivity index (χ0) is 16.3. The summed E-state index contributed by atoms with van der Waals surface area (Å²) in [4.78, 5) is 0. The van der Waals surface area contributed by atoms with E-state index in [1.807, 2.05) is 13.8 Å². The van der Waals surface area contributed by atoms with E-state index in [-0.39, 0.29) is 23.2 Å². The molecule has 1 unspecified atom stereocenters. The molecule has 1 aromatic carbocycles. The molecule has 2 heteroatoms. The molecule has 21 heavy (non-hydrogen) atoms. The average Bonchev–Trinajstić information content (AvgIpc) is 2.37. The van der Waals surface area contributed by atoms with Crippen LogP contribution in [0.1, 0.15) is 67.4 Å². The standard InChI is InChI=1S/C19H32O2/c1-9-19(7,8)15-10-12-16(13-11-15)21-17(18(4,5)6)20-14(2)3/h10-14,17H,9H2,1-8H3. The Morgan fingerprint density at radius 3 is 1.86 bits per heavy atom. The molecule has 0 radical (unpaired) electrons. The van der Waals surface area contributed by atoms with Gasteiger partial charge in [-0.25, -0.2) is 0 Å². The Bertz CT molecular complexity index is 424. The summed E-state index contributed by atoms with van der Waals surface area (Å²) in [6.45, 7) is 17.2. The molecule has 0 amide bonds. The summed E-state index contributed by atoms with van der Waals surface area (Å²) in [5, 5.41) is 0. The molecule has 120 valence electrons. The van der Waals surface area contributed by atoms with Crippen molar-refractivity contribution < 1.29 is 9.47 Å². The number of hydrogen-bond acceptors (Lipinski definition) is 2. The number of rotatable bonds is 6. The van der Waals surface area contributed by atoms with E-state index in [1.165, 1.54) is 5.56 Å². The zero-order valence-corrected chi connectivity index (χ0v) is 15.0. The van der Waals surface area contributed by atoms with E-state index >= 15 is 0 Å². The van der Waals surface area contributed by atoms with Crippen LogP contribution in [0.4, 0.5) is 0 Å². The Morgan fingerprint density at radius 2 is 1.48 bits per heavy atom. The summed E-state index contributed by atoms with van der Waals surface area (Å²) >= 11 is 0. The van der Waals surface area contributed by atoms with Gasteiger partial charge < -0.3 is 9.47 Å². The van der Waals surface area contributed by atoms with E-state index in [0.29, 0.717) is 0 Å². The molecule has 0 saturated carbocycles. The van der Waals surface area contributed by atoms with E-state index in [2.05, 4.69) is 65.8 Å². The lowest BCUT2D eigenvalue weighted by atomic mass is 9.82. The fraction of sp³-hybridized carbons (Fsp3) is 0.684. The van der Waals surface area contributed by atoms with Crippen LogP contribution in [0.15, 0.2) is 24.3 Å². The van der Waals surface area contributed by atoms with Gasteiger partial charge in [-0.2, -0.15) is 0 Å². The third-order valence-corrected chi connectivity index (χ3v) is 3.87. The summed E-state index contributed by atoms with van der Waals surface area (Å²) in [6, 6.07) is 8.42. The maximum absolute atomic E-state index is 6.07. The Kier molecular flexibility index (Phi) is 5.86. The molecule has 0 N–H and O–H groups in total. The van der Waals surface area contributed by atoms with Gasteiger partial charge in [0.15, 0.2) is 0 Å². The summed E-state index contributed by atoms with van der Waals surface area (Å²) in [6.07, 6.45) is 1.02. The van der Waals surface area contributed by atoms with Crippen molar-refractivity contribution in [1.82, 2.24) is 0 Å². The van der Waals surface area contributed by atoms with Crippen molar-refractivity contribution >= 4 is 0 Å². The maximum Gasteiger partial charge on any atom is 0.204 e. The molecule has 0 fully saturated rings. The minimum Gasteiger partial charge on any atom is -0.464 e. The van der Waals surface area contributed by atoms with Gasteiger partial charge in [-0.15, -0.1) is 0 Å².